The monoisotopic (exact) mass is 433 g/mol. The summed E-state index contributed by atoms with van der Waals surface area (Å²) in [5, 5.41) is 13.2. The van der Waals surface area contributed by atoms with Gasteiger partial charge in [-0.3, -0.25) is 0 Å². The second kappa shape index (κ2) is 6.88. The Balaban J connectivity index is 2.26. The molecule has 146 valence electrons. The number of halogens is 6. The van der Waals surface area contributed by atoms with Gasteiger partial charge in [0.15, 0.2) is 11.3 Å². The van der Waals surface area contributed by atoms with E-state index >= 15 is 0 Å². The van der Waals surface area contributed by atoms with Crippen LogP contribution in [0.1, 0.15) is 0 Å². The zero-order valence-corrected chi connectivity index (χ0v) is 15.6. The lowest BCUT2D eigenvalue weighted by Crippen LogP contribution is -2.33. The second-order valence-corrected chi connectivity index (χ2v) is 6.93. The SMILES string of the molecule is C[N+]1(c2ccc(F)cc2-c2ccc(Cl)c(Cl)c2)C=C(C(=O)O)C(C(F)(F)F)=N1. The molecule has 1 unspecified atom stereocenters. The first-order valence-electron chi connectivity index (χ1n) is 7.68. The number of quaternary nitrogens is 1. The van der Waals surface area contributed by atoms with Crippen LogP contribution in [0.2, 0.25) is 10.0 Å². The maximum atomic E-state index is 13.9. The largest absolute Gasteiger partial charge is 0.477 e. The number of hydrogen-bond acceptors (Lipinski definition) is 2. The van der Waals surface area contributed by atoms with Crippen LogP contribution >= 0.6 is 23.2 Å². The summed E-state index contributed by atoms with van der Waals surface area (Å²) in [4.78, 5) is 11.3. The third-order valence-electron chi connectivity index (χ3n) is 4.12. The normalized spacial score (nSPS) is 19.4. The Morgan fingerprint density at radius 2 is 1.79 bits per heavy atom. The van der Waals surface area contributed by atoms with E-state index in [-0.39, 0.29) is 21.3 Å². The van der Waals surface area contributed by atoms with E-state index in [2.05, 4.69) is 5.10 Å². The van der Waals surface area contributed by atoms with Crippen molar-refractivity contribution < 1.29 is 27.5 Å². The number of alkyl halides is 3. The minimum absolute atomic E-state index is 0.123. The zero-order chi connectivity index (χ0) is 20.9. The molecule has 0 radical (unpaired) electrons. The Morgan fingerprint density at radius 3 is 2.32 bits per heavy atom. The first-order valence-corrected chi connectivity index (χ1v) is 8.43. The molecule has 2 aromatic rings. The van der Waals surface area contributed by atoms with Crippen molar-refractivity contribution in [2.45, 2.75) is 6.18 Å². The Labute approximate surface area is 166 Å². The Morgan fingerprint density at radius 1 is 1.11 bits per heavy atom. The van der Waals surface area contributed by atoms with Crippen LogP contribution in [0.15, 0.2) is 53.3 Å². The van der Waals surface area contributed by atoms with Gasteiger partial charge in [-0.25, -0.2) is 9.18 Å². The molecule has 1 heterocycles. The quantitative estimate of drug-likeness (QED) is 0.503. The van der Waals surface area contributed by atoms with Gasteiger partial charge in [0, 0.05) is 11.6 Å². The zero-order valence-electron chi connectivity index (χ0n) is 14.1. The summed E-state index contributed by atoms with van der Waals surface area (Å²) in [5.74, 6) is -2.41. The first kappa shape index (κ1) is 20.3. The van der Waals surface area contributed by atoms with Gasteiger partial charge < -0.3 is 5.11 Å². The molecule has 0 spiro atoms. The van der Waals surface area contributed by atoms with E-state index < -0.39 is 33.8 Å². The molecule has 1 aliphatic rings. The van der Waals surface area contributed by atoms with Gasteiger partial charge in [-0.1, -0.05) is 34.4 Å². The van der Waals surface area contributed by atoms with E-state index in [1.807, 2.05) is 0 Å². The molecule has 0 amide bonds. The molecule has 0 bridgehead atoms. The van der Waals surface area contributed by atoms with Gasteiger partial charge in [0.25, 0.3) is 0 Å². The van der Waals surface area contributed by atoms with Crippen molar-refractivity contribution in [1.82, 2.24) is 4.59 Å². The fraction of sp³-hybridized carbons (Fsp3) is 0.111. The highest BCUT2D eigenvalue weighted by atomic mass is 35.5. The second-order valence-electron chi connectivity index (χ2n) is 6.11. The van der Waals surface area contributed by atoms with Crippen molar-refractivity contribution in [3.8, 4) is 11.1 Å². The highest BCUT2D eigenvalue weighted by molar-refractivity contribution is 6.42. The van der Waals surface area contributed by atoms with Crippen molar-refractivity contribution in [2.24, 2.45) is 5.10 Å². The minimum Gasteiger partial charge on any atom is -0.477 e. The maximum absolute atomic E-state index is 13.9. The molecule has 0 saturated heterocycles. The third kappa shape index (κ3) is 3.63. The smallest absolute Gasteiger partial charge is 0.439 e. The Hall–Kier alpha value is -2.42. The summed E-state index contributed by atoms with van der Waals surface area (Å²) in [6.45, 7) is 0. The third-order valence-corrected chi connectivity index (χ3v) is 4.86. The lowest BCUT2D eigenvalue weighted by Gasteiger charge is -2.23. The Kier molecular flexibility index (Phi) is 4.99. The van der Waals surface area contributed by atoms with Crippen LogP contribution < -0.4 is 4.59 Å². The number of carboxylic acid groups (broad SMARTS) is 1. The standard InChI is InChI=1S/C18H10Cl2F4N2O2/c1-26(8-12(17(27)28)16(25-26)18(22,23)24)15-5-3-10(21)7-11(15)9-2-4-13(19)14(20)6-9/h2-8H,1H3/p+1. The summed E-state index contributed by atoms with van der Waals surface area (Å²) in [5.41, 5.74) is -1.82. The molecule has 0 aliphatic carbocycles. The fourth-order valence-electron chi connectivity index (χ4n) is 2.89. The lowest BCUT2D eigenvalue weighted by molar-refractivity contribution is -0.132. The van der Waals surface area contributed by atoms with Crippen LogP contribution in [-0.4, -0.2) is 30.0 Å². The molecule has 10 heteroatoms. The van der Waals surface area contributed by atoms with Crippen LogP contribution in [0, 0.1) is 5.82 Å². The Bertz CT molecular complexity index is 1050. The van der Waals surface area contributed by atoms with Gasteiger partial charge in [0.05, 0.1) is 10.0 Å². The molecule has 0 fully saturated rings. The molecule has 2 aromatic carbocycles. The molecule has 1 N–H and O–H groups in total. The van der Waals surface area contributed by atoms with E-state index in [0.29, 0.717) is 5.56 Å². The number of carboxylic acids is 1. The molecule has 28 heavy (non-hydrogen) atoms. The maximum Gasteiger partial charge on any atom is 0.439 e. The van der Waals surface area contributed by atoms with Gasteiger partial charge in [-0.15, -0.1) is 4.59 Å². The first-order chi connectivity index (χ1) is 12.9. The number of benzene rings is 2. The topological polar surface area (TPSA) is 49.7 Å². The van der Waals surface area contributed by atoms with Crippen LogP contribution in [0.4, 0.5) is 23.2 Å². The average molecular weight is 434 g/mol. The number of carbonyl (C=O) groups is 1. The lowest BCUT2D eigenvalue weighted by atomic mass is 10.0. The highest BCUT2D eigenvalue weighted by Gasteiger charge is 2.50. The predicted molar refractivity (Wildman–Crippen MR) is 98.8 cm³/mol. The van der Waals surface area contributed by atoms with Crippen LogP contribution in [0.25, 0.3) is 11.1 Å². The van der Waals surface area contributed by atoms with E-state index in [9.17, 15) is 27.5 Å². The predicted octanol–water partition coefficient (Wildman–Crippen LogP) is 5.64. The average Bonchev–Trinajstić information content (AvgIpc) is 2.97. The van der Waals surface area contributed by atoms with Gasteiger partial charge in [-0.2, -0.15) is 13.2 Å². The van der Waals surface area contributed by atoms with Gasteiger partial charge in [0.2, 0.25) is 5.71 Å². The van der Waals surface area contributed by atoms with Crippen LogP contribution in [0.5, 0.6) is 0 Å². The summed E-state index contributed by atoms with van der Waals surface area (Å²) < 4.78 is 52.9. The van der Waals surface area contributed by atoms with E-state index in [0.717, 1.165) is 18.3 Å². The number of nitrogens with zero attached hydrogens (tertiary/aromatic N) is 2. The van der Waals surface area contributed by atoms with Crippen LogP contribution in [0.3, 0.4) is 0 Å². The summed E-state index contributed by atoms with van der Waals surface area (Å²) >= 11 is 11.9. The van der Waals surface area contributed by atoms with E-state index in [1.165, 1.54) is 31.3 Å². The van der Waals surface area contributed by atoms with Crippen molar-refractivity contribution in [2.75, 3.05) is 7.05 Å². The summed E-state index contributed by atoms with van der Waals surface area (Å²) in [6.07, 6.45) is -4.12. The van der Waals surface area contributed by atoms with Crippen LogP contribution in [-0.2, 0) is 4.79 Å². The van der Waals surface area contributed by atoms with Crippen molar-refractivity contribution in [1.29, 1.82) is 0 Å². The molecule has 1 atom stereocenters. The molecule has 0 aromatic heterocycles. The number of hydrogen-bond donors (Lipinski definition) is 1. The summed E-state index contributed by atoms with van der Waals surface area (Å²) in [7, 11) is 1.26. The van der Waals surface area contributed by atoms with E-state index in [4.69, 9.17) is 23.2 Å². The molecule has 0 saturated carbocycles. The number of aliphatic carboxylic acids is 1. The fourth-order valence-corrected chi connectivity index (χ4v) is 3.19. The van der Waals surface area contributed by atoms with E-state index in [1.54, 1.807) is 0 Å². The van der Waals surface area contributed by atoms with Gasteiger partial charge >= 0.3 is 12.1 Å². The molecule has 4 nitrogen and oxygen atoms in total. The molecule has 1 aliphatic heterocycles. The highest BCUT2D eigenvalue weighted by Crippen LogP contribution is 2.41. The molecular formula is C18H11Cl2F4N2O2+. The van der Waals surface area contributed by atoms with Crippen molar-refractivity contribution >= 4 is 40.6 Å². The van der Waals surface area contributed by atoms with Crippen molar-refractivity contribution in [3.63, 3.8) is 0 Å². The van der Waals surface area contributed by atoms with Gasteiger partial charge in [0.1, 0.15) is 19.1 Å². The van der Waals surface area contributed by atoms with Crippen molar-refractivity contribution in [3.05, 3.63) is 64.0 Å². The molecular weight excluding hydrogens is 423 g/mol. The minimum atomic E-state index is -4.97. The molecule has 3 rings (SSSR count). The summed E-state index contributed by atoms with van der Waals surface area (Å²) in [6, 6.07) is 7.81. The van der Waals surface area contributed by atoms with Gasteiger partial charge in [-0.05, 0) is 29.8 Å². The number of rotatable bonds is 3.